The molecule has 0 saturated heterocycles. The zero-order chi connectivity index (χ0) is 13.8. The maximum atomic E-state index is 11.7. The Balaban J connectivity index is 2.71. The van der Waals surface area contributed by atoms with Crippen molar-refractivity contribution in [3.63, 3.8) is 0 Å². The first-order chi connectivity index (χ1) is 8.37. The van der Waals surface area contributed by atoms with Crippen molar-refractivity contribution in [1.82, 2.24) is 5.32 Å². The number of hydrogen-bond acceptors (Lipinski definition) is 4. The fourth-order valence-electron chi connectivity index (χ4n) is 1.63. The third-order valence-corrected chi connectivity index (χ3v) is 3.48. The second-order valence-electron chi connectivity index (χ2n) is 5.10. The molecule has 0 aliphatic rings. The van der Waals surface area contributed by atoms with Gasteiger partial charge in [-0.15, -0.1) is 11.3 Å². The Morgan fingerprint density at radius 3 is 2.72 bits per heavy atom. The summed E-state index contributed by atoms with van der Waals surface area (Å²) >= 11 is 1.62. The Hall–Kier alpha value is -1.07. The number of carbonyl (C=O) groups excluding carboxylic acids is 1. The summed E-state index contributed by atoms with van der Waals surface area (Å²) in [6, 6.07) is 1.90. The molecule has 0 fully saturated rings. The van der Waals surface area contributed by atoms with Crippen LogP contribution >= 0.6 is 11.3 Å². The lowest BCUT2D eigenvalue weighted by atomic mass is 10.1. The van der Waals surface area contributed by atoms with Crippen molar-refractivity contribution < 1.29 is 9.53 Å². The summed E-state index contributed by atoms with van der Waals surface area (Å²) in [5.74, 6) is 0. The van der Waals surface area contributed by atoms with Crippen LogP contribution in [-0.2, 0) is 11.2 Å². The molecule has 5 heteroatoms. The number of nitrogens with one attached hydrogen (secondary N) is 1. The molecule has 1 atom stereocenters. The molecule has 18 heavy (non-hydrogen) atoms. The van der Waals surface area contributed by atoms with E-state index in [-0.39, 0.29) is 6.04 Å². The summed E-state index contributed by atoms with van der Waals surface area (Å²) in [7, 11) is 0. The summed E-state index contributed by atoms with van der Waals surface area (Å²) < 4.78 is 5.24. The zero-order valence-corrected chi connectivity index (χ0v) is 12.3. The van der Waals surface area contributed by atoms with Gasteiger partial charge in [0.2, 0.25) is 0 Å². The smallest absolute Gasteiger partial charge is 0.408 e. The summed E-state index contributed by atoms with van der Waals surface area (Å²) in [5.41, 5.74) is 6.47. The van der Waals surface area contributed by atoms with E-state index in [9.17, 15) is 4.79 Å². The minimum absolute atomic E-state index is 0.171. The van der Waals surface area contributed by atoms with Crippen molar-refractivity contribution in [3.05, 3.63) is 21.9 Å². The summed E-state index contributed by atoms with van der Waals surface area (Å²) in [5, 5.41) is 4.85. The largest absolute Gasteiger partial charge is 0.444 e. The number of ether oxygens (including phenoxy) is 1. The van der Waals surface area contributed by atoms with Crippen LogP contribution in [0.15, 0.2) is 11.4 Å². The molecule has 0 aliphatic heterocycles. The van der Waals surface area contributed by atoms with Gasteiger partial charge in [-0.25, -0.2) is 4.79 Å². The van der Waals surface area contributed by atoms with Crippen LogP contribution in [0.2, 0.25) is 0 Å². The first kappa shape index (κ1) is 15.0. The Kier molecular flexibility index (Phi) is 5.16. The highest BCUT2D eigenvalue weighted by atomic mass is 32.1. The molecular formula is C13H22N2O2S. The minimum Gasteiger partial charge on any atom is -0.444 e. The van der Waals surface area contributed by atoms with Crippen LogP contribution in [0.5, 0.6) is 0 Å². The van der Waals surface area contributed by atoms with Crippen LogP contribution in [0.25, 0.3) is 0 Å². The molecular weight excluding hydrogens is 248 g/mol. The zero-order valence-electron chi connectivity index (χ0n) is 11.4. The van der Waals surface area contributed by atoms with E-state index in [1.807, 2.05) is 26.2 Å². The van der Waals surface area contributed by atoms with Crippen LogP contribution in [0.1, 0.15) is 44.2 Å². The predicted molar refractivity (Wildman–Crippen MR) is 74.9 cm³/mol. The number of hydrogen-bond donors (Lipinski definition) is 2. The Morgan fingerprint density at radius 2 is 2.22 bits per heavy atom. The van der Waals surface area contributed by atoms with Gasteiger partial charge in [0.1, 0.15) is 5.60 Å². The van der Waals surface area contributed by atoms with Crippen molar-refractivity contribution in [2.75, 3.05) is 6.54 Å². The summed E-state index contributed by atoms with van der Waals surface area (Å²) in [6.45, 7) is 7.98. The van der Waals surface area contributed by atoms with Crippen molar-refractivity contribution in [2.45, 2.75) is 45.8 Å². The molecule has 0 aromatic carbocycles. The van der Waals surface area contributed by atoms with Crippen LogP contribution < -0.4 is 11.1 Å². The number of rotatable bonds is 4. The highest BCUT2D eigenvalue weighted by molar-refractivity contribution is 7.10. The molecule has 0 radical (unpaired) electrons. The van der Waals surface area contributed by atoms with Gasteiger partial charge in [0.05, 0.1) is 6.04 Å². The quantitative estimate of drug-likeness (QED) is 0.884. The van der Waals surface area contributed by atoms with E-state index < -0.39 is 11.7 Å². The van der Waals surface area contributed by atoms with Crippen molar-refractivity contribution in [1.29, 1.82) is 0 Å². The second-order valence-corrected chi connectivity index (χ2v) is 6.05. The number of amides is 1. The van der Waals surface area contributed by atoms with E-state index >= 15 is 0 Å². The van der Waals surface area contributed by atoms with Gasteiger partial charge in [0, 0.05) is 11.4 Å². The maximum absolute atomic E-state index is 11.7. The van der Waals surface area contributed by atoms with Gasteiger partial charge in [-0.3, -0.25) is 0 Å². The highest BCUT2D eigenvalue weighted by Gasteiger charge is 2.21. The van der Waals surface area contributed by atoms with E-state index in [1.54, 1.807) is 11.3 Å². The minimum atomic E-state index is -0.494. The third-order valence-electron chi connectivity index (χ3n) is 2.40. The average molecular weight is 270 g/mol. The number of thiophene rings is 1. The first-order valence-corrected chi connectivity index (χ1v) is 7.01. The highest BCUT2D eigenvalue weighted by Crippen LogP contribution is 2.24. The molecule has 1 aromatic rings. The average Bonchev–Trinajstić information content (AvgIpc) is 2.71. The lowest BCUT2D eigenvalue weighted by molar-refractivity contribution is 0.0506. The topological polar surface area (TPSA) is 64.3 Å². The maximum Gasteiger partial charge on any atom is 0.408 e. The van der Waals surface area contributed by atoms with Crippen molar-refractivity contribution in [3.8, 4) is 0 Å². The molecule has 1 amide bonds. The van der Waals surface area contributed by atoms with Gasteiger partial charge in [0.25, 0.3) is 0 Å². The lowest BCUT2D eigenvalue weighted by Crippen LogP contribution is -2.37. The molecule has 0 saturated carbocycles. The SMILES string of the molecule is CCc1ccsc1C(CN)NC(=O)OC(C)(C)C. The lowest BCUT2D eigenvalue weighted by Gasteiger charge is -2.23. The number of aryl methyl sites for hydroxylation is 1. The van der Waals surface area contributed by atoms with Crippen molar-refractivity contribution in [2.24, 2.45) is 5.73 Å². The van der Waals surface area contributed by atoms with Crippen molar-refractivity contribution >= 4 is 17.4 Å². The number of nitrogens with two attached hydrogens (primary N) is 1. The molecule has 0 aliphatic carbocycles. The molecule has 4 nitrogen and oxygen atoms in total. The van der Waals surface area contributed by atoms with E-state index in [1.165, 1.54) is 5.56 Å². The molecule has 1 unspecified atom stereocenters. The predicted octanol–water partition coefficient (Wildman–Crippen LogP) is 2.84. The molecule has 1 rings (SSSR count). The van der Waals surface area contributed by atoms with E-state index in [4.69, 9.17) is 10.5 Å². The summed E-state index contributed by atoms with van der Waals surface area (Å²) in [6.07, 6.45) is 0.513. The number of carbonyl (C=O) groups is 1. The first-order valence-electron chi connectivity index (χ1n) is 6.13. The Morgan fingerprint density at radius 1 is 1.56 bits per heavy atom. The van der Waals surface area contributed by atoms with Gasteiger partial charge < -0.3 is 15.8 Å². The van der Waals surface area contributed by atoms with Crippen LogP contribution in [0.3, 0.4) is 0 Å². The summed E-state index contributed by atoms with van der Waals surface area (Å²) in [4.78, 5) is 12.9. The van der Waals surface area contributed by atoms with E-state index in [0.29, 0.717) is 6.54 Å². The normalized spacial score (nSPS) is 13.2. The number of alkyl carbamates (subject to hydrolysis) is 1. The third kappa shape index (κ3) is 4.31. The fraction of sp³-hybridized carbons (Fsp3) is 0.615. The van der Waals surface area contributed by atoms with Crippen LogP contribution in [0, 0.1) is 0 Å². The molecule has 1 heterocycles. The van der Waals surface area contributed by atoms with Gasteiger partial charge in [0.15, 0.2) is 0 Å². The van der Waals surface area contributed by atoms with Crippen LogP contribution in [-0.4, -0.2) is 18.2 Å². The van der Waals surface area contributed by atoms with Crippen LogP contribution in [0.4, 0.5) is 4.79 Å². The van der Waals surface area contributed by atoms with E-state index in [2.05, 4.69) is 18.3 Å². The molecule has 0 spiro atoms. The molecule has 3 N–H and O–H groups in total. The second kappa shape index (κ2) is 6.20. The van der Waals surface area contributed by atoms with Gasteiger partial charge >= 0.3 is 6.09 Å². The Bertz CT molecular complexity index is 396. The standard InChI is InChI=1S/C13H22N2O2S/c1-5-9-6-7-18-11(9)10(8-14)15-12(16)17-13(2,3)4/h6-7,10H,5,8,14H2,1-4H3,(H,15,16). The fourth-order valence-corrected chi connectivity index (χ4v) is 2.69. The van der Waals surface area contributed by atoms with E-state index in [0.717, 1.165) is 11.3 Å². The van der Waals surface area contributed by atoms with Gasteiger partial charge in [-0.2, -0.15) is 0 Å². The molecule has 1 aromatic heterocycles. The van der Waals surface area contributed by atoms with Gasteiger partial charge in [-0.1, -0.05) is 6.92 Å². The monoisotopic (exact) mass is 270 g/mol. The molecule has 0 bridgehead atoms. The Labute approximate surface area is 113 Å². The van der Waals surface area contributed by atoms with Gasteiger partial charge in [-0.05, 0) is 44.2 Å². The molecule has 102 valence electrons.